The molecule has 0 atom stereocenters. The molecule has 0 radical (unpaired) electrons. The number of hydrogen-bond acceptors (Lipinski definition) is 4. The second-order valence-electron chi connectivity index (χ2n) is 10.2. The number of rotatable bonds is 13. The van der Waals surface area contributed by atoms with Crippen molar-refractivity contribution in [1.29, 1.82) is 0 Å². The number of aromatic nitrogens is 2. The van der Waals surface area contributed by atoms with E-state index in [-0.39, 0.29) is 0 Å². The Morgan fingerprint density at radius 3 is 2.06 bits per heavy atom. The highest BCUT2D eigenvalue weighted by Gasteiger charge is 2.17. The summed E-state index contributed by atoms with van der Waals surface area (Å²) in [4.78, 5) is 9.41. The van der Waals surface area contributed by atoms with Gasteiger partial charge in [-0.05, 0) is 62.3 Å². The predicted octanol–water partition coefficient (Wildman–Crippen LogP) is 8.31. The van der Waals surface area contributed by atoms with E-state index in [9.17, 15) is 0 Å². The lowest BCUT2D eigenvalue weighted by Gasteiger charge is -2.21. The molecule has 0 fully saturated rings. The summed E-state index contributed by atoms with van der Waals surface area (Å²) in [6.07, 6.45) is 17.2. The standard InChI is InChI=1S/C32H40N4/c1(3-5-13-22-33-29-21-24-34-28-18-10-7-15-25(28)29)2-4-6-14-23-35-32-26-16-8-11-19-30(26)36-31-20-12-9-17-27(31)32/h7-8,10-11,15-16,18-19,21,24H,1-6,9,12-14,17,20,22-23H2,(H,33,34)(H,35,36). The molecular formula is C32H40N4. The van der Waals surface area contributed by atoms with Gasteiger partial charge < -0.3 is 10.6 Å². The number of aryl methyl sites for hydroxylation is 1. The molecule has 2 N–H and O–H groups in total. The number of nitrogens with zero attached hydrogens (tertiary/aromatic N) is 2. The lowest BCUT2D eigenvalue weighted by Crippen LogP contribution is -2.12. The van der Waals surface area contributed by atoms with Crippen molar-refractivity contribution in [2.75, 3.05) is 23.7 Å². The van der Waals surface area contributed by atoms with Crippen molar-refractivity contribution in [3.05, 3.63) is 72.1 Å². The van der Waals surface area contributed by atoms with Gasteiger partial charge in [-0.1, -0.05) is 74.9 Å². The molecule has 5 rings (SSSR count). The zero-order valence-corrected chi connectivity index (χ0v) is 21.6. The first-order chi connectivity index (χ1) is 17.9. The Kier molecular flexibility index (Phi) is 8.67. The van der Waals surface area contributed by atoms with Crippen LogP contribution in [0.5, 0.6) is 0 Å². The highest BCUT2D eigenvalue weighted by molar-refractivity contribution is 5.93. The minimum Gasteiger partial charge on any atom is -0.384 e. The van der Waals surface area contributed by atoms with Crippen LogP contribution in [0, 0.1) is 0 Å². The van der Waals surface area contributed by atoms with Crippen LogP contribution in [0.1, 0.15) is 75.5 Å². The van der Waals surface area contributed by atoms with Gasteiger partial charge in [0, 0.05) is 47.1 Å². The fourth-order valence-electron chi connectivity index (χ4n) is 5.57. The second-order valence-corrected chi connectivity index (χ2v) is 10.2. The topological polar surface area (TPSA) is 49.8 Å². The summed E-state index contributed by atoms with van der Waals surface area (Å²) >= 11 is 0. The molecule has 0 saturated carbocycles. The molecular weight excluding hydrogens is 440 g/mol. The maximum atomic E-state index is 4.96. The third-order valence-corrected chi connectivity index (χ3v) is 7.54. The number of para-hydroxylation sites is 2. The van der Waals surface area contributed by atoms with E-state index >= 15 is 0 Å². The van der Waals surface area contributed by atoms with Crippen molar-refractivity contribution in [3.63, 3.8) is 0 Å². The highest BCUT2D eigenvalue weighted by atomic mass is 14.9. The molecule has 2 aromatic carbocycles. The number of pyridine rings is 2. The number of fused-ring (bicyclic) bond motifs is 3. The maximum Gasteiger partial charge on any atom is 0.0726 e. The number of anilines is 2. The first-order valence-electron chi connectivity index (χ1n) is 14.1. The van der Waals surface area contributed by atoms with Crippen molar-refractivity contribution in [2.45, 2.75) is 77.0 Å². The van der Waals surface area contributed by atoms with Crippen LogP contribution in [-0.4, -0.2) is 23.1 Å². The highest BCUT2D eigenvalue weighted by Crippen LogP contribution is 2.33. The van der Waals surface area contributed by atoms with Crippen molar-refractivity contribution in [2.24, 2.45) is 0 Å². The summed E-state index contributed by atoms with van der Waals surface area (Å²) in [5, 5.41) is 9.93. The van der Waals surface area contributed by atoms with Gasteiger partial charge in [0.05, 0.1) is 11.0 Å². The number of unbranched alkanes of at least 4 members (excludes halogenated alkanes) is 7. The fourth-order valence-corrected chi connectivity index (χ4v) is 5.57. The van der Waals surface area contributed by atoms with Gasteiger partial charge in [-0.15, -0.1) is 0 Å². The van der Waals surface area contributed by atoms with Gasteiger partial charge >= 0.3 is 0 Å². The molecule has 1 aliphatic carbocycles. The molecule has 2 aromatic heterocycles. The lowest BCUT2D eigenvalue weighted by molar-refractivity contribution is 0.577. The maximum absolute atomic E-state index is 4.96. The smallest absolute Gasteiger partial charge is 0.0726 e. The van der Waals surface area contributed by atoms with E-state index in [4.69, 9.17) is 4.98 Å². The van der Waals surface area contributed by atoms with Crippen molar-refractivity contribution >= 4 is 33.2 Å². The third kappa shape index (κ3) is 6.16. The Bertz CT molecular complexity index is 1260. The van der Waals surface area contributed by atoms with Gasteiger partial charge in [0.25, 0.3) is 0 Å². The summed E-state index contributed by atoms with van der Waals surface area (Å²) in [6.45, 7) is 2.10. The molecule has 0 bridgehead atoms. The summed E-state index contributed by atoms with van der Waals surface area (Å²) in [5.41, 5.74) is 7.58. The summed E-state index contributed by atoms with van der Waals surface area (Å²) < 4.78 is 0. The van der Waals surface area contributed by atoms with Crippen LogP contribution in [0.25, 0.3) is 21.8 Å². The van der Waals surface area contributed by atoms with Crippen LogP contribution in [0.15, 0.2) is 60.8 Å². The Balaban J connectivity index is 0.952. The molecule has 0 amide bonds. The molecule has 0 unspecified atom stereocenters. The molecule has 1 aliphatic rings. The Morgan fingerprint density at radius 2 is 1.25 bits per heavy atom. The van der Waals surface area contributed by atoms with Crippen LogP contribution in [0.2, 0.25) is 0 Å². The molecule has 4 heteroatoms. The molecule has 0 spiro atoms. The van der Waals surface area contributed by atoms with Crippen LogP contribution in [-0.2, 0) is 12.8 Å². The average molecular weight is 481 g/mol. The van der Waals surface area contributed by atoms with Crippen LogP contribution < -0.4 is 10.6 Å². The molecule has 4 aromatic rings. The van der Waals surface area contributed by atoms with Crippen molar-refractivity contribution in [3.8, 4) is 0 Å². The molecule has 0 saturated heterocycles. The Hall–Kier alpha value is -3.14. The lowest BCUT2D eigenvalue weighted by atomic mass is 9.92. The van der Waals surface area contributed by atoms with E-state index in [1.54, 1.807) is 0 Å². The summed E-state index contributed by atoms with van der Waals surface area (Å²) in [6, 6.07) is 19.1. The van der Waals surface area contributed by atoms with Gasteiger partial charge in [0.15, 0.2) is 0 Å². The largest absolute Gasteiger partial charge is 0.384 e. The van der Waals surface area contributed by atoms with E-state index in [1.807, 2.05) is 12.3 Å². The monoisotopic (exact) mass is 480 g/mol. The van der Waals surface area contributed by atoms with Gasteiger partial charge in [-0.3, -0.25) is 9.97 Å². The number of benzene rings is 2. The van der Waals surface area contributed by atoms with E-state index in [0.29, 0.717) is 0 Å². The van der Waals surface area contributed by atoms with Gasteiger partial charge in [-0.25, -0.2) is 0 Å². The molecule has 2 heterocycles. The summed E-state index contributed by atoms with van der Waals surface area (Å²) in [7, 11) is 0. The first kappa shape index (κ1) is 24.5. The minimum absolute atomic E-state index is 1.03. The molecule has 188 valence electrons. The minimum atomic E-state index is 1.03. The zero-order chi connectivity index (χ0) is 24.4. The van der Waals surface area contributed by atoms with Gasteiger partial charge in [0.2, 0.25) is 0 Å². The van der Waals surface area contributed by atoms with Gasteiger partial charge in [0.1, 0.15) is 0 Å². The molecule has 36 heavy (non-hydrogen) atoms. The van der Waals surface area contributed by atoms with E-state index < -0.39 is 0 Å². The van der Waals surface area contributed by atoms with Crippen molar-refractivity contribution < 1.29 is 0 Å². The zero-order valence-electron chi connectivity index (χ0n) is 21.6. The predicted molar refractivity (Wildman–Crippen MR) is 154 cm³/mol. The normalized spacial score (nSPS) is 13.1. The van der Waals surface area contributed by atoms with E-state index in [2.05, 4.69) is 64.1 Å². The SMILES string of the molecule is c1ccc2c(NCCCCCCCCCCNc3c4c(nc5ccccc35)CCCC4)ccnc2c1. The Labute approximate surface area is 215 Å². The fraction of sp³-hybridized carbons (Fsp3) is 0.438. The van der Waals surface area contributed by atoms with Crippen LogP contribution in [0.3, 0.4) is 0 Å². The van der Waals surface area contributed by atoms with Gasteiger partial charge in [-0.2, -0.15) is 0 Å². The van der Waals surface area contributed by atoms with Crippen LogP contribution >= 0.6 is 0 Å². The van der Waals surface area contributed by atoms with E-state index in [1.165, 1.54) is 104 Å². The third-order valence-electron chi connectivity index (χ3n) is 7.54. The van der Waals surface area contributed by atoms with Crippen LogP contribution in [0.4, 0.5) is 11.4 Å². The Morgan fingerprint density at radius 1 is 0.611 bits per heavy atom. The number of hydrogen-bond donors (Lipinski definition) is 2. The number of nitrogens with one attached hydrogen (secondary N) is 2. The van der Waals surface area contributed by atoms with Crippen molar-refractivity contribution in [1.82, 2.24) is 9.97 Å². The molecule has 0 aliphatic heterocycles. The first-order valence-corrected chi connectivity index (χ1v) is 14.1. The summed E-state index contributed by atoms with van der Waals surface area (Å²) in [5.74, 6) is 0. The van der Waals surface area contributed by atoms with E-state index in [0.717, 1.165) is 30.5 Å². The second kappa shape index (κ2) is 12.7. The quantitative estimate of drug-likeness (QED) is 0.189. The average Bonchev–Trinajstić information content (AvgIpc) is 2.93. The molecule has 4 nitrogen and oxygen atoms in total.